The average molecular weight is 436 g/mol. The number of rotatable bonds is 5. The number of aliphatic hydroxyl groups excluding tert-OH is 1. The van der Waals surface area contributed by atoms with Gasteiger partial charge in [0.05, 0.1) is 23.9 Å². The van der Waals surface area contributed by atoms with Gasteiger partial charge >= 0.3 is 6.18 Å². The fourth-order valence-corrected chi connectivity index (χ4v) is 3.55. The number of hydrogen-bond donors (Lipinski definition) is 2. The minimum absolute atomic E-state index is 0.297. The summed E-state index contributed by atoms with van der Waals surface area (Å²) in [6.45, 7) is -0.297. The zero-order valence-corrected chi connectivity index (χ0v) is 16.8. The summed E-state index contributed by atoms with van der Waals surface area (Å²) in [5.74, 6) is -0.364. The second-order valence-corrected chi connectivity index (χ2v) is 7.28. The predicted molar refractivity (Wildman–Crippen MR) is 116 cm³/mol. The van der Waals surface area contributed by atoms with E-state index in [0.29, 0.717) is 16.8 Å². The van der Waals surface area contributed by atoms with Gasteiger partial charge in [0.25, 0.3) is 5.91 Å². The Kier molecular flexibility index (Phi) is 5.92. The number of alkyl halides is 3. The predicted octanol–water partition coefficient (Wildman–Crippen LogP) is 5.38. The summed E-state index contributed by atoms with van der Waals surface area (Å²) in [6, 6.07) is 20.2. The highest BCUT2D eigenvalue weighted by Crippen LogP contribution is 2.33. The Hall–Kier alpha value is -3.71. The zero-order chi connectivity index (χ0) is 22.7. The van der Waals surface area contributed by atoms with Crippen LogP contribution in [0.25, 0.3) is 21.9 Å². The molecule has 0 saturated carbocycles. The monoisotopic (exact) mass is 436 g/mol. The molecule has 2 N–H and O–H groups in total. The van der Waals surface area contributed by atoms with E-state index in [4.69, 9.17) is 0 Å². The van der Waals surface area contributed by atoms with Gasteiger partial charge in [0, 0.05) is 11.8 Å². The molecule has 4 rings (SSSR count). The van der Waals surface area contributed by atoms with E-state index >= 15 is 0 Å². The summed E-state index contributed by atoms with van der Waals surface area (Å²) in [6.07, 6.45) is -2.80. The lowest BCUT2D eigenvalue weighted by Crippen LogP contribution is -2.31. The van der Waals surface area contributed by atoms with E-state index in [1.807, 2.05) is 12.1 Å². The number of carbonyl (C=O) groups excluding carboxylic acids is 1. The number of amides is 1. The van der Waals surface area contributed by atoms with Crippen LogP contribution < -0.4 is 5.32 Å². The maximum Gasteiger partial charge on any atom is 0.416 e. The molecular formula is C25H19F3N2O2. The van der Waals surface area contributed by atoms with E-state index in [1.54, 1.807) is 48.7 Å². The first-order chi connectivity index (χ1) is 15.4. The number of fused-ring (bicyclic) bond motifs is 1. The van der Waals surface area contributed by atoms with Gasteiger partial charge in [-0.05, 0) is 58.3 Å². The summed E-state index contributed by atoms with van der Waals surface area (Å²) >= 11 is 0. The van der Waals surface area contributed by atoms with E-state index in [2.05, 4.69) is 10.3 Å². The summed E-state index contributed by atoms with van der Waals surface area (Å²) in [5.41, 5.74) is 1.66. The maximum atomic E-state index is 12.9. The van der Waals surface area contributed by atoms with Gasteiger partial charge < -0.3 is 10.4 Å². The van der Waals surface area contributed by atoms with Crippen LogP contribution in [0, 0.1) is 0 Å². The third kappa shape index (κ3) is 4.48. The van der Waals surface area contributed by atoms with Crippen LogP contribution in [-0.4, -0.2) is 22.6 Å². The van der Waals surface area contributed by atoms with Crippen LogP contribution in [0.4, 0.5) is 13.2 Å². The van der Waals surface area contributed by atoms with E-state index < -0.39 is 17.8 Å². The van der Waals surface area contributed by atoms with Crippen LogP contribution in [-0.2, 0) is 6.18 Å². The van der Waals surface area contributed by atoms with Crippen LogP contribution in [0.2, 0.25) is 0 Å². The van der Waals surface area contributed by atoms with Crippen molar-refractivity contribution >= 4 is 16.7 Å². The van der Waals surface area contributed by atoms with Crippen molar-refractivity contribution < 1.29 is 23.1 Å². The Morgan fingerprint density at radius 1 is 0.969 bits per heavy atom. The lowest BCUT2D eigenvalue weighted by Gasteiger charge is -2.16. The maximum absolute atomic E-state index is 12.9. The van der Waals surface area contributed by atoms with Gasteiger partial charge in [-0.3, -0.25) is 9.78 Å². The van der Waals surface area contributed by atoms with Gasteiger partial charge in [-0.15, -0.1) is 0 Å². The molecule has 3 aromatic carbocycles. The zero-order valence-electron chi connectivity index (χ0n) is 16.8. The molecule has 0 bridgehead atoms. The number of nitrogens with one attached hydrogen (secondary N) is 1. The number of nitrogens with zero attached hydrogens (tertiary/aromatic N) is 1. The van der Waals surface area contributed by atoms with Crippen molar-refractivity contribution in [2.75, 3.05) is 6.61 Å². The van der Waals surface area contributed by atoms with Crippen LogP contribution in [0.3, 0.4) is 0 Å². The van der Waals surface area contributed by atoms with Crippen molar-refractivity contribution in [2.45, 2.75) is 12.2 Å². The Labute approximate surface area is 182 Å². The van der Waals surface area contributed by atoms with Crippen molar-refractivity contribution in [3.05, 3.63) is 102 Å². The molecule has 0 fully saturated rings. The smallest absolute Gasteiger partial charge is 0.394 e. The Morgan fingerprint density at radius 3 is 2.41 bits per heavy atom. The van der Waals surface area contributed by atoms with Crippen molar-refractivity contribution in [3.8, 4) is 11.1 Å². The van der Waals surface area contributed by atoms with Crippen molar-refractivity contribution in [1.29, 1.82) is 0 Å². The third-order valence-electron chi connectivity index (χ3n) is 5.20. The lowest BCUT2D eigenvalue weighted by atomic mass is 9.96. The molecule has 4 aromatic rings. The Balaban J connectivity index is 1.62. The molecule has 0 spiro atoms. The topological polar surface area (TPSA) is 62.2 Å². The number of aromatic nitrogens is 1. The first-order valence-electron chi connectivity index (χ1n) is 9.90. The lowest BCUT2D eigenvalue weighted by molar-refractivity contribution is -0.137. The number of halogens is 3. The number of pyridine rings is 1. The SMILES string of the molecule is O=C(NC(CO)c1ccccn1)c1ccc2c(-c3ccc(C(F)(F)F)cc3)cccc2c1. The molecule has 162 valence electrons. The summed E-state index contributed by atoms with van der Waals surface area (Å²) in [4.78, 5) is 16.9. The summed E-state index contributed by atoms with van der Waals surface area (Å²) in [5, 5.41) is 14.0. The second-order valence-electron chi connectivity index (χ2n) is 7.28. The van der Waals surface area contributed by atoms with E-state index in [9.17, 15) is 23.1 Å². The quantitative estimate of drug-likeness (QED) is 0.441. The molecule has 1 atom stereocenters. The van der Waals surface area contributed by atoms with Crippen LogP contribution in [0.5, 0.6) is 0 Å². The number of carbonyl (C=O) groups is 1. The van der Waals surface area contributed by atoms with Crippen molar-refractivity contribution in [3.63, 3.8) is 0 Å². The van der Waals surface area contributed by atoms with Crippen molar-refractivity contribution in [1.82, 2.24) is 10.3 Å². The molecule has 4 nitrogen and oxygen atoms in total. The minimum Gasteiger partial charge on any atom is -0.394 e. The molecule has 32 heavy (non-hydrogen) atoms. The molecule has 0 aliphatic rings. The second kappa shape index (κ2) is 8.80. The Morgan fingerprint density at radius 2 is 1.75 bits per heavy atom. The van der Waals surface area contributed by atoms with Gasteiger partial charge in [0.2, 0.25) is 0 Å². The average Bonchev–Trinajstić information content (AvgIpc) is 2.81. The van der Waals surface area contributed by atoms with E-state index in [0.717, 1.165) is 28.5 Å². The normalized spacial score (nSPS) is 12.5. The van der Waals surface area contributed by atoms with Crippen molar-refractivity contribution in [2.24, 2.45) is 0 Å². The summed E-state index contributed by atoms with van der Waals surface area (Å²) < 4.78 is 38.6. The highest BCUT2D eigenvalue weighted by Gasteiger charge is 2.30. The van der Waals surface area contributed by atoms with E-state index in [1.165, 1.54) is 12.1 Å². The highest BCUT2D eigenvalue weighted by molar-refractivity contribution is 6.02. The molecule has 7 heteroatoms. The fraction of sp³-hybridized carbons (Fsp3) is 0.120. The van der Waals surface area contributed by atoms with Gasteiger partial charge in [-0.25, -0.2) is 0 Å². The molecule has 1 heterocycles. The first kappa shape index (κ1) is 21.5. The standard InChI is InChI=1S/C25H19F3N2O2/c26-25(27,28)19-10-7-16(8-11-19)20-5-3-4-17-14-18(9-12-21(17)20)24(32)30-23(15-31)22-6-1-2-13-29-22/h1-14,23,31H,15H2,(H,30,32). The minimum atomic E-state index is -4.39. The van der Waals surface area contributed by atoms with Crippen LogP contribution in [0.15, 0.2) is 85.1 Å². The highest BCUT2D eigenvalue weighted by atomic mass is 19.4. The number of benzene rings is 3. The first-order valence-corrected chi connectivity index (χ1v) is 9.90. The fourth-order valence-electron chi connectivity index (χ4n) is 3.55. The number of aliphatic hydroxyl groups is 1. The van der Waals surface area contributed by atoms with Crippen LogP contribution >= 0.6 is 0 Å². The molecule has 0 saturated heterocycles. The summed E-state index contributed by atoms with van der Waals surface area (Å²) in [7, 11) is 0. The molecule has 0 aliphatic carbocycles. The van der Waals surface area contributed by atoms with Gasteiger partial charge in [-0.1, -0.05) is 42.5 Å². The number of hydrogen-bond acceptors (Lipinski definition) is 3. The van der Waals surface area contributed by atoms with Gasteiger partial charge in [0.15, 0.2) is 0 Å². The van der Waals surface area contributed by atoms with Gasteiger partial charge in [0.1, 0.15) is 0 Å². The molecule has 1 unspecified atom stereocenters. The Bertz CT molecular complexity index is 1240. The largest absolute Gasteiger partial charge is 0.416 e. The molecule has 0 aliphatic heterocycles. The third-order valence-corrected chi connectivity index (χ3v) is 5.20. The molecule has 1 aromatic heterocycles. The molecule has 1 amide bonds. The van der Waals surface area contributed by atoms with Crippen LogP contribution in [0.1, 0.15) is 27.7 Å². The molecule has 0 radical (unpaired) electrons. The van der Waals surface area contributed by atoms with Gasteiger partial charge in [-0.2, -0.15) is 13.2 Å². The molecular weight excluding hydrogens is 417 g/mol. The van der Waals surface area contributed by atoms with E-state index in [-0.39, 0.29) is 12.5 Å².